The normalized spacial score (nSPS) is 9.33. The van der Waals surface area contributed by atoms with E-state index in [1.807, 2.05) is 0 Å². The molecule has 9 heavy (non-hydrogen) atoms. The molecule has 0 aromatic carbocycles. The summed E-state index contributed by atoms with van der Waals surface area (Å²) < 4.78 is 0. The van der Waals surface area contributed by atoms with Crippen molar-refractivity contribution in [1.82, 2.24) is 9.97 Å². The maximum absolute atomic E-state index is 10.4. The van der Waals surface area contributed by atoms with E-state index < -0.39 is 11.4 Å². The highest BCUT2D eigenvalue weighted by molar-refractivity contribution is 5.42. The lowest BCUT2D eigenvalue weighted by molar-refractivity contribution is -0.273. The molecule has 1 aromatic heterocycles. The predicted molar refractivity (Wildman–Crippen MR) is 28.7 cm³/mol. The molecule has 0 aliphatic heterocycles. The number of nitrogens with zero attached hydrogens (tertiary/aromatic N) is 1. The summed E-state index contributed by atoms with van der Waals surface area (Å²) in [6, 6.07) is 0. The van der Waals surface area contributed by atoms with E-state index in [0.29, 0.717) is 0 Å². The molecule has 48 valence electrons. The molecule has 0 saturated carbocycles. The van der Waals surface area contributed by atoms with Crippen LogP contribution in [-0.4, -0.2) is 9.97 Å². The van der Waals surface area contributed by atoms with Crippen molar-refractivity contribution in [3.63, 3.8) is 0 Å². The van der Waals surface area contributed by atoms with Gasteiger partial charge in [-0.15, -0.1) is 0 Å². The molecule has 0 unspecified atom stereocenters. The fourth-order valence-electron chi connectivity index (χ4n) is 0.394. The summed E-state index contributed by atoms with van der Waals surface area (Å²) in [5, 5.41) is 10.4. The Hall–Kier alpha value is -1.52. The second kappa shape index (κ2) is 1.77. The predicted octanol–water partition coefficient (Wildman–Crippen LogP) is -1.57. The zero-order chi connectivity index (χ0) is 6.85. The summed E-state index contributed by atoms with van der Waals surface area (Å²) in [5.74, 6) is -0.682. The first-order valence-electron chi connectivity index (χ1n) is 2.22. The van der Waals surface area contributed by atoms with Gasteiger partial charge in [-0.2, -0.15) is 0 Å². The van der Waals surface area contributed by atoms with Gasteiger partial charge in [-0.05, 0) is 0 Å². The fourth-order valence-corrected chi connectivity index (χ4v) is 0.394. The smallest absolute Gasteiger partial charge is 0.273 e. The Bertz CT molecular complexity index is 267. The van der Waals surface area contributed by atoms with E-state index in [9.17, 15) is 9.90 Å². The minimum atomic E-state index is -0.682. The third-order valence-corrected chi connectivity index (χ3v) is 0.852. The average Bonchev–Trinajstić information content (AvgIpc) is 1.83. The monoisotopic (exact) mass is 126 g/mol. The summed E-state index contributed by atoms with van der Waals surface area (Å²) in [7, 11) is 0. The van der Waals surface area contributed by atoms with Crippen molar-refractivity contribution in [1.29, 1.82) is 0 Å². The van der Waals surface area contributed by atoms with Crippen molar-refractivity contribution in [2.75, 3.05) is 5.73 Å². The number of hydrogen-bond donors (Lipinski definition) is 2. The summed E-state index contributed by atoms with van der Waals surface area (Å²) in [4.78, 5) is 15.8. The van der Waals surface area contributed by atoms with Crippen molar-refractivity contribution < 1.29 is 5.11 Å². The highest BCUT2D eigenvalue weighted by Crippen LogP contribution is 2.00. The standard InChI is InChI=1S/C4H5N3O2/c5-2-3(8)6-1-7-4(2)9/h1H,5H2,(H2,6,7,8,9)/p-1. The number of nitrogen functional groups attached to an aromatic ring is 1. The second-order valence-electron chi connectivity index (χ2n) is 1.45. The zero-order valence-corrected chi connectivity index (χ0v) is 4.42. The highest BCUT2D eigenvalue weighted by atomic mass is 16.3. The van der Waals surface area contributed by atoms with Gasteiger partial charge in [0.2, 0.25) is 0 Å². The van der Waals surface area contributed by atoms with Gasteiger partial charge in [0.25, 0.3) is 5.56 Å². The molecule has 0 aliphatic carbocycles. The molecule has 0 aliphatic rings. The Labute approximate surface area is 50.2 Å². The molecule has 5 heteroatoms. The van der Waals surface area contributed by atoms with Gasteiger partial charge in [0.1, 0.15) is 5.69 Å². The van der Waals surface area contributed by atoms with E-state index in [1.165, 1.54) is 0 Å². The van der Waals surface area contributed by atoms with Gasteiger partial charge in [-0.3, -0.25) is 9.78 Å². The number of aromatic nitrogens is 2. The molecule has 3 N–H and O–H groups in total. The molecule has 0 radical (unpaired) electrons. The van der Waals surface area contributed by atoms with Crippen molar-refractivity contribution in [2.24, 2.45) is 0 Å². The summed E-state index contributed by atoms with van der Waals surface area (Å²) in [5.41, 5.74) is 4.01. The maximum Gasteiger partial charge on any atom is 0.273 e. The average molecular weight is 126 g/mol. The van der Waals surface area contributed by atoms with E-state index in [4.69, 9.17) is 5.73 Å². The first-order chi connectivity index (χ1) is 4.22. The highest BCUT2D eigenvalue weighted by Gasteiger charge is 1.90. The summed E-state index contributed by atoms with van der Waals surface area (Å²) in [6.45, 7) is 0. The quantitative estimate of drug-likeness (QED) is 0.438. The zero-order valence-electron chi connectivity index (χ0n) is 4.42. The number of H-pyrrole nitrogens is 1. The molecule has 5 nitrogen and oxygen atoms in total. The Balaban J connectivity index is 3.43. The van der Waals surface area contributed by atoms with Crippen molar-refractivity contribution in [2.45, 2.75) is 0 Å². The van der Waals surface area contributed by atoms with Crippen LogP contribution in [0.1, 0.15) is 0 Å². The fraction of sp³-hybridized carbons (Fsp3) is 0. The molecular formula is C4H4N3O2-. The first kappa shape index (κ1) is 5.61. The van der Waals surface area contributed by atoms with Crippen molar-refractivity contribution >= 4 is 5.69 Å². The Morgan fingerprint density at radius 2 is 2.44 bits per heavy atom. The van der Waals surface area contributed by atoms with E-state index in [2.05, 4.69) is 9.97 Å². The molecular weight excluding hydrogens is 122 g/mol. The van der Waals surface area contributed by atoms with Crippen molar-refractivity contribution in [3.8, 4) is 5.88 Å². The number of rotatable bonds is 0. The van der Waals surface area contributed by atoms with Gasteiger partial charge in [0.15, 0.2) is 0 Å². The minimum Gasteiger partial charge on any atom is -0.857 e. The van der Waals surface area contributed by atoms with E-state index in [-0.39, 0.29) is 5.69 Å². The third-order valence-electron chi connectivity index (χ3n) is 0.852. The van der Waals surface area contributed by atoms with E-state index in [0.717, 1.165) is 6.33 Å². The third kappa shape index (κ3) is 0.835. The topological polar surface area (TPSA) is 94.8 Å². The number of hydrogen-bond acceptors (Lipinski definition) is 4. The summed E-state index contributed by atoms with van der Waals surface area (Å²) in [6.07, 6.45) is 1.01. The van der Waals surface area contributed by atoms with Gasteiger partial charge in [0, 0.05) is 5.88 Å². The molecule has 0 fully saturated rings. The Morgan fingerprint density at radius 1 is 1.78 bits per heavy atom. The number of aromatic amines is 1. The van der Waals surface area contributed by atoms with Crippen LogP contribution < -0.4 is 16.4 Å². The van der Waals surface area contributed by atoms with Gasteiger partial charge in [0.05, 0.1) is 6.33 Å². The lowest BCUT2D eigenvalue weighted by Crippen LogP contribution is -2.15. The van der Waals surface area contributed by atoms with Crippen LogP contribution in [0.5, 0.6) is 5.88 Å². The van der Waals surface area contributed by atoms with Crippen LogP contribution in [0.3, 0.4) is 0 Å². The molecule has 0 bridgehead atoms. The van der Waals surface area contributed by atoms with Crippen LogP contribution >= 0.6 is 0 Å². The van der Waals surface area contributed by atoms with Gasteiger partial charge < -0.3 is 15.8 Å². The SMILES string of the molecule is Nc1c([O-])nc[nH]c1=O. The molecule has 0 atom stereocenters. The molecule has 1 heterocycles. The number of anilines is 1. The second-order valence-corrected chi connectivity index (χ2v) is 1.45. The lowest BCUT2D eigenvalue weighted by atomic mass is 10.5. The number of nitrogens with two attached hydrogens (primary N) is 1. The maximum atomic E-state index is 10.4. The lowest BCUT2D eigenvalue weighted by Gasteiger charge is -2.03. The van der Waals surface area contributed by atoms with Crippen LogP contribution in [0.25, 0.3) is 0 Å². The molecule has 1 rings (SSSR count). The van der Waals surface area contributed by atoms with Gasteiger partial charge >= 0.3 is 0 Å². The number of nitrogens with one attached hydrogen (secondary N) is 1. The van der Waals surface area contributed by atoms with Crippen LogP contribution in [0, 0.1) is 0 Å². The van der Waals surface area contributed by atoms with E-state index in [1.54, 1.807) is 0 Å². The molecule has 0 amide bonds. The molecule has 0 saturated heterocycles. The summed E-state index contributed by atoms with van der Waals surface area (Å²) >= 11 is 0. The van der Waals surface area contributed by atoms with Crippen LogP contribution in [-0.2, 0) is 0 Å². The van der Waals surface area contributed by atoms with Crippen LogP contribution in [0.2, 0.25) is 0 Å². The van der Waals surface area contributed by atoms with E-state index >= 15 is 0 Å². The Morgan fingerprint density at radius 3 is 2.89 bits per heavy atom. The van der Waals surface area contributed by atoms with Crippen molar-refractivity contribution in [3.05, 3.63) is 16.7 Å². The van der Waals surface area contributed by atoms with Crippen LogP contribution in [0.4, 0.5) is 5.69 Å². The molecule has 0 spiro atoms. The minimum absolute atomic E-state index is 0.363. The van der Waals surface area contributed by atoms with Gasteiger partial charge in [-0.25, -0.2) is 0 Å². The van der Waals surface area contributed by atoms with Crippen LogP contribution in [0.15, 0.2) is 11.1 Å². The largest absolute Gasteiger partial charge is 0.857 e. The molecule has 1 aromatic rings. The Kier molecular flexibility index (Phi) is 1.11. The van der Waals surface area contributed by atoms with Gasteiger partial charge in [-0.1, -0.05) is 0 Å². The first-order valence-corrected chi connectivity index (χ1v) is 2.22.